The fourth-order valence-electron chi connectivity index (χ4n) is 6.76. The number of carbonyl (C=O) groups is 3. The highest BCUT2D eigenvalue weighted by atomic mass is 19.1. The number of halogens is 2. The molecule has 2 aliphatic rings. The van der Waals surface area contributed by atoms with Gasteiger partial charge < -0.3 is 26.0 Å². The molecule has 2 aromatic rings. The highest BCUT2D eigenvalue weighted by Gasteiger charge is 2.53. The average molecular weight is 613 g/mol. The van der Waals surface area contributed by atoms with Crippen molar-refractivity contribution in [2.24, 2.45) is 5.92 Å². The second kappa shape index (κ2) is 15.1. The Morgan fingerprint density at radius 2 is 1.82 bits per heavy atom. The van der Waals surface area contributed by atoms with Gasteiger partial charge in [-0.2, -0.15) is 0 Å². The van der Waals surface area contributed by atoms with Crippen molar-refractivity contribution in [1.82, 2.24) is 20.9 Å². The summed E-state index contributed by atoms with van der Waals surface area (Å²) in [6.07, 6.45) is 3.41. The number of nitrogens with one attached hydrogen (secondary N) is 3. The van der Waals surface area contributed by atoms with Crippen molar-refractivity contribution in [1.29, 1.82) is 0 Å². The van der Waals surface area contributed by atoms with Crippen LogP contribution < -0.4 is 16.0 Å². The minimum absolute atomic E-state index is 0.00180. The lowest BCUT2D eigenvalue weighted by Crippen LogP contribution is -2.61. The van der Waals surface area contributed by atoms with Crippen molar-refractivity contribution in [3.63, 3.8) is 0 Å². The maximum Gasteiger partial charge on any atom is 0.249 e. The normalized spacial score (nSPS) is 23.1. The summed E-state index contributed by atoms with van der Waals surface area (Å²) in [5.41, 5.74) is 0.197. The van der Waals surface area contributed by atoms with Crippen LogP contribution in [0.1, 0.15) is 70.4 Å². The molecule has 8 nitrogen and oxygen atoms in total. The molecule has 44 heavy (non-hydrogen) atoms. The van der Waals surface area contributed by atoms with Gasteiger partial charge in [-0.05, 0) is 74.2 Å². The molecule has 240 valence electrons. The Bertz CT molecular complexity index is 1270. The Kier molecular flexibility index (Phi) is 11.5. The zero-order valence-electron chi connectivity index (χ0n) is 26.0. The summed E-state index contributed by atoms with van der Waals surface area (Å²) in [5.74, 6) is -2.69. The maximum absolute atomic E-state index is 14.2. The molecule has 0 aromatic heterocycles. The van der Waals surface area contributed by atoms with Crippen molar-refractivity contribution >= 4 is 17.7 Å². The van der Waals surface area contributed by atoms with E-state index < -0.39 is 41.3 Å². The van der Waals surface area contributed by atoms with Gasteiger partial charge in [0.25, 0.3) is 0 Å². The third-order valence-electron chi connectivity index (χ3n) is 9.35. The maximum atomic E-state index is 14.2. The SMILES string of the molecule is CC[C@@H](C)C1(NC(C)=O)CCN(C(CCc2ccccc2)C(=O)N[C@@H](Cc2cc(F)cc(F)c2)[C@H](O)C2CCCCN2)C1=O. The number of hydrogen-bond acceptors (Lipinski definition) is 5. The van der Waals surface area contributed by atoms with E-state index in [1.54, 1.807) is 4.90 Å². The quantitative estimate of drug-likeness (QED) is 0.276. The number of rotatable bonds is 13. The van der Waals surface area contributed by atoms with Crippen molar-refractivity contribution < 1.29 is 28.3 Å². The number of benzene rings is 2. The fourth-order valence-corrected chi connectivity index (χ4v) is 6.76. The highest BCUT2D eigenvalue weighted by Crippen LogP contribution is 2.34. The zero-order chi connectivity index (χ0) is 31.9. The number of aliphatic hydroxyl groups is 1. The monoisotopic (exact) mass is 612 g/mol. The van der Waals surface area contributed by atoms with Crippen molar-refractivity contribution in [3.05, 3.63) is 71.3 Å². The first kappa shape index (κ1) is 33.5. The van der Waals surface area contributed by atoms with Crippen molar-refractivity contribution in [2.45, 2.75) is 102 Å². The van der Waals surface area contributed by atoms with Crippen LogP contribution in [0.4, 0.5) is 8.78 Å². The zero-order valence-corrected chi connectivity index (χ0v) is 26.0. The summed E-state index contributed by atoms with van der Waals surface area (Å²) in [7, 11) is 0. The lowest BCUT2D eigenvalue weighted by Gasteiger charge is -2.37. The summed E-state index contributed by atoms with van der Waals surface area (Å²) in [5, 5.41) is 20.7. The first-order chi connectivity index (χ1) is 21.0. The number of carbonyl (C=O) groups excluding carboxylic acids is 3. The second-order valence-electron chi connectivity index (χ2n) is 12.4. The molecule has 0 spiro atoms. The summed E-state index contributed by atoms with van der Waals surface area (Å²) >= 11 is 0. The molecule has 6 atom stereocenters. The highest BCUT2D eigenvalue weighted by molar-refractivity contribution is 5.96. The molecule has 4 rings (SSSR count). The van der Waals surface area contributed by atoms with Crippen LogP contribution in [0.2, 0.25) is 0 Å². The Morgan fingerprint density at radius 3 is 2.43 bits per heavy atom. The minimum atomic E-state index is -1.12. The van der Waals surface area contributed by atoms with Crippen LogP contribution in [0.15, 0.2) is 48.5 Å². The molecule has 0 aliphatic carbocycles. The van der Waals surface area contributed by atoms with Gasteiger partial charge in [0, 0.05) is 25.6 Å². The molecule has 0 saturated carbocycles. The predicted molar refractivity (Wildman–Crippen MR) is 165 cm³/mol. The Morgan fingerprint density at radius 1 is 1.11 bits per heavy atom. The van der Waals surface area contributed by atoms with E-state index >= 15 is 0 Å². The van der Waals surface area contributed by atoms with Gasteiger partial charge in [-0.3, -0.25) is 14.4 Å². The lowest BCUT2D eigenvalue weighted by atomic mass is 9.81. The van der Waals surface area contributed by atoms with Crippen LogP contribution in [-0.2, 0) is 27.2 Å². The molecule has 2 aliphatic heterocycles. The van der Waals surface area contributed by atoms with Crippen molar-refractivity contribution in [3.8, 4) is 0 Å². The second-order valence-corrected chi connectivity index (χ2v) is 12.4. The number of aliphatic hydroxyl groups excluding tert-OH is 1. The molecule has 2 saturated heterocycles. The molecule has 2 heterocycles. The average Bonchev–Trinajstić information content (AvgIpc) is 3.32. The summed E-state index contributed by atoms with van der Waals surface area (Å²) < 4.78 is 28.2. The summed E-state index contributed by atoms with van der Waals surface area (Å²) in [6, 6.07) is 10.8. The molecular weight excluding hydrogens is 566 g/mol. The third kappa shape index (κ3) is 8.01. The first-order valence-electron chi connectivity index (χ1n) is 15.8. The van der Waals surface area contributed by atoms with Crippen LogP contribution in [0.25, 0.3) is 0 Å². The molecule has 2 aromatic carbocycles. The number of aryl methyl sites for hydroxylation is 1. The van der Waals surface area contributed by atoms with Crippen LogP contribution in [-0.4, -0.2) is 70.6 Å². The number of nitrogens with zero attached hydrogens (tertiary/aromatic N) is 1. The van der Waals surface area contributed by atoms with E-state index in [4.69, 9.17) is 0 Å². The van der Waals surface area contributed by atoms with E-state index in [-0.39, 0.29) is 36.7 Å². The van der Waals surface area contributed by atoms with Gasteiger partial charge in [-0.25, -0.2) is 8.78 Å². The van der Waals surface area contributed by atoms with E-state index in [1.807, 2.05) is 44.2 Å². The van der Waals surface area contributed by atoms with Crippen LogP contribution in [0.3, 0.4) is 0 Å². The molecule has 3 unspecified atom stereocenters. The lowest BCUT2D eigenvalue weighted by molar-refractivity contribution is -0.144. The molecular formula is C34H46F2N4O4. The Balaban J connectivity index is 1.64. The van der Waals surface area contributed by atoms with Gasteiger partial charge in [-0.15, -0.1) is 0 Å². The fraction of sp³-hybridized carbons (Fsp3) is 0.559. The largest absolute Gasteiger partial charge is 0.389 e. The smallest absolute Gasteiger partial charge is 0.249 e. The molecule has 0 radical (unpaired) electrons. The minimum Gasteiger partial charge on any atom is -0.389 e. The van der Waals surface area contributed by atoms with Gasteiger partial charge in [-0.1, -0.05) is 57.0 Å². The third-order valence-corrected chi connectivity index (χ3v) is 9.35. The first-order valence-corrected chi connectivity index (χ1v) is 15.8. The van der Waals surface area contributed by atoms with Crippen LogP contribution in [0.5, 0.6) is 0 Å². The number of likely N-dealkylation sites (tertiary alicyclic amines) is 1. The Hall–Kier alpha value is -3.37. The van der Waals surface area contributed by atoms with Crippen LogP contribution in [0, 0.1) is 17.6 Å². The van der Waals surface area contributed by atoms with E-state index in [9.17, 15) is 28.3 Å². The van der Waals surface area contributed by atoms with E-state index in [0.29, 0.717) is 37.7 Å². The van der Waals surface area contributed by atoms with E-state index in [1.165, 1.54) is 19.1 Å². The molecule has 4 N–H and O–H groups in total. The van der Waals surface area contributed by atoms with Crippen LogP contribution >= 0.6 is 0 Å². The number of hydrogen-bond donors (Lipinski definition) is 4. The van der Waals surface area contributed by atoms with Gasteiger partial charge in [0.2, 0.25) is 17.7 Å². The Labute approximate surface area is 259 Å². The summed E-state index contributed by atoms with van der Waals surface area (Å²) in [6.45, 7) is 6.28. The molecule has 2 fully saturated rings. The summed E-state index contributed by atoms with van der Waals surface area (Å²) in [4.78, 5) is 42.2. The molecule has 10 heteroatoms. The van der Waals surface area contributed by atoms with E-state index in [2.05, 4.69) is 16.0 Å². The number of piperidine rings is 1. The van der Waals surface area contributed by atoms with Gasteiger partial charge in [0.05, 0.1) is 12.1 Å². The van der Waals surface area contributed by atoms with Gasteiger partial charge in [0.15, 0.2) is 0 Å². The predicted octanol–water partition coefficient (Wildman–Crippen LogP) is 3.65. The van der Waals surface area contributed by atoms with Crippen molar-refractivity contribution in [2.75, 3.05) is 13.1 Å². The molecule has 3 amide bonds. The van der Waals surface area contributed by atoms with Gasteiger partial charge >= 0.3 is 0 Å². The van der Waals surface area contributed by atoms with E-state index in [0.717, 1.165) is 31.0 Å². The topological polar surface area (TPSA) is 111 Å². The standard InChI is InChI=1S/C34H46F2N4O4/c1-4-22(2)34(39-23(3)41)15-17-40(33(34)44)30(14-13-24-10-6-5-7-11-24)32(43)38-29(31(42)28-12-8-9-16-37-28)20-25-18-26(35)21-27(36)19-25/h5-7,10-11,18-19,21-22,28-31,37,42H,4,8-9,12-17,20H2,1-3H3,(H,38,43)(H,39,41)/t22-,28?,29+,30?,31-,34?/m1/s1. The number of amides is 3. The van der Waals surface area contributed by atoms with Gasteiger partial charge in [0.1, 0.15) is 23.2 Å². The molecule has 0 bridgehead atoms.